The van der Waals surface area contributed by atoms with E-state index in [2.05, 4.69) is 10.6 Å². The van der Waals surface area contributed by atoms with Crippen LogP contribution in [0.15, 0.2) is 48.5 Å². The van der Waals surface area contributed by atoms with Crippen LogP contribution in [0.5, 0.6) is 0 Å². The summed E-state index contributed by atoms with van der Waals surface area (Å²) >= 11 is 0. The van der Waals surface area contributed by atoms with E-state index in [1.54, 1.807) is 12.1 Å². The summed E-state index contributed by atoms with van der Waals surface area (Å²) in [6.07, 6.45) is -4.34. The van der Waals surface area contributed by atoms with Crippen molar-refractivity contribution < 1.29 is 22.4 Å². The minimum atomic E-state index is -4.45. The summed E-state index contributed by atoms with van der Waals surface area (Å²) in [7, 11) is 0. The highest BCUT2D eigenvalue weighted by molar-refractivity contribution is 5.90. The van der Waals surface area contributed by atoms with Gasteiger partial charge in [-0.15, -0.1) is 0 Å². The summed E-state index contributed by atoms with van der Waals surface area (Å²) in [5, 5.41) is 5.44. The number of carbonyl (C=O) groups is 1. The van der Waals surface area contributed by atoms with Crippen molar-refractivity contribution in [2.45, 2.75) is 19.1 Å². The highest BCUT2D eigenvalue weighted by atomic mass is 19.4. The van der Waals surface area contributed by atoms with E-state index in [1.165, 1.54) is 24.3 Å². The zero-order valence-corrected chi connectivity index (χ0v) is 12.7. The van der Waals surface area contributed by atoms with Crippen molar-refractivity contribution in [3.63, 3.8) is 0 Å². The van der Waals surface area contributed by atoms with E-state index in [1.807, 2.05) is 0 Å². The fraction of sp³-hybridized carbons (Fsp3) is 0.235. The first-order chi connectivity index (χ1) is 11.3. The maximum atomic E-state index is 12.7. The number of nitrogens with one attached hydrogen (secondary N) is 2. The Hall–Kier alpha value is -2.41. The predicted octanol–water partition coefficient (Wildman–Crippen LogP) is 3.96. The van der Waals surface area contributed by atoms with E-state index in [-0.39, 0.29) is 23.8 Å². The molecule has 0 fully saturated rings. The summed E-state index contributed by atoms with van der Waals surface area (Å²) < 4.78 is 50.5. The van der Waals surface area contributed by atoms with Gasteiger partial charge >= 0.3 is 6.18 Å². The van der Waals surface area contributed by atoms with Crippen molar-refractivity contribution in [1.29, 1.82) is 0 Å². The monoisotopic (exact) mass is 340 g/mol. The van der Waals surface area contributed by atoms with Gasteiger partial charge in [0, 0.05) is 25.2 Å². The molecule has 0 radical (unpaired) electrons. The molecule has 2 aromatic rings. The summed E-state index contributed by atoms with van der Waals surface area (Å²) in [5.74, 6) is -0.708. The van der Waals surface area contributed by atoms with Crippen LogP contribution in [-0.2, 0) is 17.5 Å². The molecule has 0 aliphatic carbocycles. The number of hydrogen-bond donors (Lipinski definition) is 2. The van der Waals surface area contributed by atoms with Gasteiger partial charge in [0.15, 0.2) is 0 Å². The highest BCUT2D eigenvalue weighted by Gasteiger charge is 2.30. The molecule has 2 N–H and O–H groups in total. The quantitative estimate of drug-likeness (QED) is 0.617. The van der Waals surface area contributed by atoms with E-state index in [9.17, 15) is 22.4 Å². The summed E-state index contributed by atoms with van der Waals surface area (Å²) in [6.45, 7) is 0.819. The molecule has 0 saturated carbocycles. The van der Waals surface area contributed by atoms with Gasteiger partial charge in [0.05, 0.1) is 5.56 Å². The first-order valence-corrected chi connectivity index (χ1v) is 7.27. The van der Waals surface area contributed by atoms with Crippen molar-refractivity contribution in [1.82, 2.24) is 5.32 Å². The number of rotatable bonds is 6. The third kappa shape index (κ3) is 5.66. The highest BCUT2D eigenvalue weighted by Crippen LogP contribution is 2.30. The topological polar surface area (TPSA) is 41.1 Å². The largest absolute Gasteiger partial charge is 0.416 e. The van der Waals surface area contributed by atoms with Gasteiger partial charge in [-0.25, -0.2) is 4.39 Å². The van der Waals surface area contributed by atoms with Crippen molar-refractivity contribution in [3.05, 3.63) is 65.5 Å². The number of alkyl halides is 3. The van der Waals surface area contributed by atoms with Crippen molar-refractivity contribution in [3.8, 4) is 0 Å². The second-order valence-electron chi connectivity index (χ2n) is 5.18. The molecule has 24 heavy (non-hydrogen) atoms. The fourth-order valence-corrected chi connectivity index (χ4v) is 2.03. The van der Waals surface area contributed by atoms with Gasteiger partial charge in [-0.2, -0.15) is 13.2 Å². The van der Waals surface area contributed by atoms with Crippen LogP contribution in [0.1, 0.15) is 17.5 Å². The maximum Gasteiger partial charge on any atom is 0.416 e. The minimum Gasteiger partial charge on any atom is -0.326 e. The average molecular weight is 340 g/mol. The van der Waals surface area contributed by atoms with Gasteiger partial charge in [-0.05, 0) is 35.9 Å². The molecule has 0 unspecified atom stereocenters. The van der Waals surface area contributed by atoms with E-state index < -0.39 is 11.7 Å². The molecule has 3 nitrogen and oxygen atoms in total. The zero-order valence-electron chi connectivity index (χ0n) is 12.7. The molecule has 0 saturated heterocycles. The second kappa shape index (κ2) is 7.92. The van der Waals surface area contributed by atoms with E-state index in [0.29, 0.717) is 13.1 Å². The Kier molecular flexibility index (Phi) is 5.92. The molecule has 2 rings (SSSR count). The lowest BCUT2D eigenvalue weighted by molar-refractivity contribution is -0.137. The van der Waals surface area contributed by atoms with Crippen molar-refractivity contribution >= 4 is 11.6 Å². The smallest absolute Gasteiger partial charge is 0.326 e. The van der Waals surface area contributed by atoms with Crippen LogP contribution >= 0.6 is 0 Å². The van der Waals surface area contributed by atoms with Gasteiger partial charge < -0.3 is 10.6 Å². The molecular weight excluding hydrogens is 324 g/mol. The number of benzene rings is 2. The Bertz CT molecular complexity index is 684. The standard InChI is InChI=1S/C17H16F4N2O/c18-14-6-4-12(5-7-14)11-22-9-8-16(24)23-15-3-1-2-13(10-15)17(19,20)21/h1-7,10,22H,8-9,11H2,(H,23,24). The van der Waals surface area contributed by atoms with Gasteiger partial charge in [0.2, 0.25) is 5.91 Å². The molecule has 2 aromatic carbocycles. The fourth-order valence-electron chi connectivity index (χ4n) is 2.03. The Morgan fingerprint density at radius 3 is 2.42 bits per heavy atom. The third-order valence-electron chi connectivity index (χ3n) is 3.24. The van der Waals surface area contributed by atoms with Gasteiger partial charge in [0.25, 0.3) is 0 Å². The lowest BCUT2D eigenvalue weighted by atomic mass is 10.2. The molecule has 7 heteroatoms. The summed E-state index contributed by atoms with van der Waals surface area (Å²) in [4.78, 5) is 11.7. The van der Waals surface area contributed by atoms with Crippen LogP contribution in [0.2, 0.25) is 0 Å². The maximum absolute atomic E-state index is 12.7. The van der Waals surface area contributed by atoms with Gasteiger partial charge in [-0.3, -0.25) is 4.79 Å². The minimum absolute atomic E-state index is 0.105. The number of anilines is 1. The molecule has 0 aliphatic heterocycles. The SMILES string of the molecule is O=C(CCNCc1ccc(F)cc1)Nc1cccc(C(F)(F)F)c1. The Balaban J connectivity index is 1.76. The summed E-state index contributed by atoms with van der Waals surface area (Å²) in [6, 6.07) is 10.4. The average Bonchev–Trinajstić information content (AvgIpc) is 2.53. The first-order valence-electron chi connectivity index (χ1n) is 7.27. The predicted molar refractivity (Wildman–Crippen MR) is 82.8 cm³/mol. The first kappa shape index (κ1) is 17.9. The number of hydrogen-bond acceptors (Lipinski definition) is 2. The number of carbonyl (C=O) groups excluding carboxylic acids is 1. The Morgan fingerprint density at radius 2 is 1.75 bits per heavy atom. The molecular formula is C17H16F4N2O. The molecule has 1 amide bonds. The molecule has 0 bridgehead atoms. The molecule has 0 aliphatic rings. The van der Waals surface area contributed by atoms with Crippen LogP contribution in [0.25, 0.3) is 0 Å². The third-order valence-corrected chi connectivity index (χ3v) is 3.24. The molecule has 0 atom stereocenters. The lowest BCUT2D eigenvalue weighted by Crippen LogP contribution is -2.21. The zero-order chi connectivity index (χ0) is 17.6. The van der Waals surface area contributed by atoms with Gasteiger partial charge in [-0.1, -0.05) is 18.2 Å². The normalized spacial score (nSPS) is 11.3. The van der Waals surface area contributed by atoms with E-state index in [4.69, 9.17) is 0 Å². The second-order valence-corrected chi connectivity index (χ2v) is 5.18. The van der Waals surface area contributed by atoms with Crippen molar-refractivity contribution in [2.24, 2.45) is 0 Å². The van der Waals surface area contributed by atoms with Gasteiger partial charge in [0.1, 0.15) is 5.82 Å². The molecule has 0 spiro atoms. The van der Waals surface area contributed by atoms with Crippen LogP contribution in [-0.4, -0.2) is 12.5 Å². The molecule has 0 heterocycles. The van der Waals surface area contributed by atoms with Crippen LogP contribution in [0, 0.1) is 5.82 Å². The number of halogens is 4. The lowest BCUT2D eigenvalue weighted by Gasteiger charge is -2.10. The summed E-state index contributed by atoms with van der Waals surface area (Å²) in [5.41, 5.74) is 0.165. The van der Waals surface area contributed by atoms with Crippen LogP contribution < -0.4 is 10.6 Å². The number of amides is 1. The van der Waals surface area contributed by atoms with Crippen LogP contribution in [0.3, 0.4) is 0 Å². The van der Waals surface area contributed by atoms with Crippen molar-refractivity contribution in [2.75, 3.05) is 11.9 Å². The molecule has 0 aromatic heterocycles. The van der Waals surface area contributed by atoms with Crippen LogP contribution in [0.4, 0.5) is 23.2 Å². The Labute approximate surface area is 136 Å². The van der Waals surface area contributed by atoms with E-state index >= 15 is 0 Å². The molecule has 128 valence electrons. The van der Waals surface area contributed by atoms with E-state index in [0.717, 1.165) is 17.7 Å². The Morgan fingerprint density at radius 1 is 1.04 bits per heavy atom.